The summed E-state index contributed by atoms with van der Waals surface area (Å²) in [5.74, 6) is 0.264. The number of aryl methyl sites for hydroxylation is 1. The summed E-state index contributed by atoms with van der Waals surface area (Å²) < 4.78 is 46.2. The molecule has 9 heteroatoms. The molecule has 1 amide bonds. The van der Waals surface area contributed by atoms with Crippen LogP contribution in [-0.2, 0) is 4.79 Å². The first-order valence-electron chi connectivity index (χ1n) is 9.31. The molecule has 4 rings (SSSR count). The molecule has 0 saturated carbocycles. The van der Waals surface area contributed by atoms with Crippen LogP contribution in [0.25, 0.3) is 10.9 Å². The van der Waals surface area contributed by atoms with Crippen LogP contribution in [-0.4, -0.2) is 29.5 Å². The lowest BCUT2D eigenvalue weighted by Gasteiger charge is -2.26. The Balaban J connectivity index is 1.78. The monoisotopic (exact) mass is 416 g/mol. The number of nitrogens with one attached hydrogen (secondary N) is 1. The smallest absolute Gasteiger partial charge is 0.266 e. The van der Waals surface area contributed by atoms with E-state index in [-0.39, 0.29) is 18.1 Å². The molecule has 0 saturated heterocycles. The number of alkyl halides is 2. The van der Waals surface area contributed by atoms with Gasteiger partial charge in [0.1, 0.15) is 23.2 Å². The Morgan fingerprint density at radius 2 is 1.93 bits per heavy atom. The summed E-state index contributed by atoms with van der Waals surface area (Å²) in [5, 5.41) is 3.70. The largest absolute Gasteiger partial charge is 0.481 e. The molecule has 2 heterocycles. The fraction of sp³-hybridized carbons (Fsp3) is 0.286. The normalized spacial score (nSPS) is 14.6. The van der Waals surface area contributed by atoms with Gasteiger partial charge in [-0.3, -0.25) is 4.79 Å². The molecule has 6 nitrogen and oxygen atoms in total. The van der Waals surface area contributed by atoms with Crippen molar-refractivity contribution in [3.8, 4) is 5.75 Å². The number of rotatable bonds is 4. The number of anilines is 2. The summed E-state index contributed by atoms with van der Waals surface area (Å²) in [4.78, 5) is 22.3. The highest BCUT2D eigenvalue weighted by atomic mass is 19.3. The number of nitrogens with zero attached hydrogens (tertiary/aromatic N) is 3. The average Bonchev–Trinajstić information content (AvgIpc) is 2.69. The van der Waals surface area contributed by atoms with E-state index in [0.717, 1.165) is 6.07 Å². The van der Waals surface area contributed by atoms with Crippen LogP contribution >= 0.6 is 0 Å². The molecule has 3 aromatic rings. The van der Waals surface area contributed by atoms with Gasteiger partial charge in [0, 0.05) is 24.1 Å². The minimum Gasteiger partial charge on any atom is -0.481 e. The van der Waals surface area contributed by atoms with Gasteiger partial charge >= 0.3 is 0 Å². The number of ether oxygens (including phenoxy) is 1. The average molecular weight is 416 g/mol. The molecular formula is C21H19F3N4O2. The van der Waals surface area contributed by atoms with Gasteiger partial charge in [0.15, 0.2) is 6.61 Å². The second-order valence-electron chi connectivity index (χ2n) is 7.12. The Bertz CT molecular complexity index is 1150. The van der Waals surface area contributed by atoms with Crippen molar-refractivity contribution in [3.63, 3.8) is 0 Å². The lowest BCUT2D eigenvalue weighted by molar-refractivity contribution is -0.120. The minimum atomic E-state index is -2.90. The number of likely N-dealkylation sites (N-methyl/N-ethyl adjacent to an activating group) is 1. The second-order valence-corrected chi connectivity index (χ2v) is 7.12. The van der Waals surface area contributed by atoms with Crippen LogP contribution in [0.5, 0.6) is 5.75 Å². The molecule has 1 aromatic heterocycles. The summed E-state index contributed by atoms with van der Waals surface area (Å²) in [5.41, 5.74) is 0.607. The van der Waals surface area contributed by atoms with E-state index in [1.165, 1.54) is 17.0 Å². The Morgan fingerprint density at radius 1 is 1.20 bits per heavy atom. The first-order chi connectivity index (χ1) is 14.3. The van der Waals surface area contributed by atoms with Gasteiger partial charge in [-0.15, -0.1) is 0 Å². The van der Waals surface area contributed by atoms with Gasteiger partial charge in [-0.2, -0.15) is 0 Å². The maximum Gasteiger partial charge on any atom is 0.266 e. The molecule has 156 valence electrons. The molecule has 1 N–H and O–H groups in total. The Labute approximate surface area is 170 Å². The Kier molecular flexibility index (Phi) is 4.97. The van der Waals surface area contributed by atoms with Crippen molar-refractivity contribution in [1.82, 2.24) is 9.97 Å². The standard InChI is InChI=1S/C21H19F3N4O2/c1-10(12-5-4-6-13(19(12)22)20(23)24)25-21-14-7-16-17(30-9-18(29)28(16)3)8-15(14)26-11(2)27-21/h4-8,10,20H,9H2,1-3H3,(H,25,26,27)/t10-/m1/s1. The van der Waals surface area contributed by atoms with E-state index >= 15 is 0 Å². The summed E-state index contributed by atoms with van der Waals surface area (Å²) >= 11 is 0. The zero-order chi connectivity index (χ0) is 21.6. The zero-order valence-corrected chi connectivity index (χ0v) is 16.5. The fourth-order valence-electron chi connectivity index (χ4n) is 3.47. The Hall–Kier alpha value is -3.36. The van der Waals surface area contributed by atoms with Gasteiger partial charge in [0.25, 0.3) is 12.3 Å². The molecule has 0 bridgehead atoms. The van der Waals surface area contributed by atoms with Gasteiger partial charge in [-0.05, 0) is 19.9 Å². The topological polar surface area (TPSA) is 67.4 Å². The van der Waals surface area contributed by atoms with Crippen LogP contribution in [0.3, 0.4) is 0 Å². The molecule has 1 atom stereocenters. The molecule has 0 aliphatic carbocycles. The van der Waals surface area contributed by atoms with E-state index in [0.29, 0.717) is 34.0 Å². The maximum atomic E-state index is 14.6. The molecule has 0 spiro atoms. The quantitative estimate of drug-likeness (QED) is 0.676. The van der Waals surface area contributed by atoms with Crippen molar-refractivity contribution in [2.75, 3.05) is 23.9 Å². The second kappa shape index (κ2) is 7.47. The number of halogens is 3. The predicted octanol–water partition coefficient (Wildman–Crippen LogP) is 4.54. The predicted molar refractivity (Wildman–Crippen MR) is 107 cm³/mol. The van der Waals surface area contributed by atoms with Crippen molar-refractivity contribution in [1.29, 1.82) is 0 Å². The van der Waals surface area contributed by atoms with Gasteiger partial charge in [0.05, 0.1) is 22.8 Å². The third kappa shape index (κ3) is 3.40. The van der Waals surface area contributed by atoms with Crippen LogP contribution in [0.2, 0.25) is 0 Å². The third-order valence-electron chi connectivity index (χ3n) is 5.09. The zero-order valence-electron chi connectivity index (χ0n) is 16.5. The van der Waals surface area contributed by atoms with Crippen LogP contribution < -0.4 is 15.0 Å². The fourth-order valence-corrected chi connectivity index (χ4v) is 3.47. The van der Waals surface area contributed by atoms with E-state index in [4.69, 9.17) is 4.74 Å². The highest BCUT2D eigenvalue weighted by molar-refractivity contribution is 6.02. The number of carbonyl (C=O) groups is 1. The molecule has 30 heavy (non-hydrogen) atoms. The van der Waals surface area contributed by atoms with E-state index in [1.54, 1.807) is 33.0 Å². The van der Waals surface area contributed by atoms with Gasteiger partial charge in [0.2, 0.25) is 0 Å². The molecule has 0 unspecified atom stereocenters. The highest BCUT2D eigenvalue weighted by Gasteiger charge is 2.25. The van der Waals surface area contributed by atoms with Gasteiger partial charge < -0.3 is 15.0 Å². The number of aromatic nitrogens is 2. The summed E-state index contributed by atoms with van der Waals surface area (Å²) in [6.07, 6.45) is -2.90. The minimum absolute atomic E-state index is 0.0546. The van der Waals surface area contributed by atoms with E-state index < -0.39 is 23.8 Å². The lowest BCUT2D eigenvalue weighted by Crippen LogP contribution is -2.35. The number of amides is 1. The molecule has 1 aliphatic heterocycles. The Morgan fingerprint density at radius 3 is 2.67 bits per heavy atom. The van der Waals surface area contributed by atoms with Crippen LogP contribution in [0.1, 0.15) is 36.3 Å². The number of fused-ring (bicyclic) bond motifs is 2. The molecule has 0 fully saturated rings. The van der Waals surface area contributed by atoms with Crippen molar-refractivity contribution in [3.05, 3.63) is 53.1 Å². The molecular weight excluding hydrogens is 397 g/mol. The van der Waals surface area contributed by atoms with Crippen LogP contribution in [0.15, 0.2) is 30.3 Å². The molecule has 2 aromatic carbocycles. The van der Waals surface area contributed by atoms with Gasteiger partial charge in [-0.1, -0.05) is 18.2 Å². The first-order valence-corrected chi connectivity index (χ1v) is 9.31. The van der Waals surface area contributed by atoms with E-state index in [1.807, 2.05) is 0 Å². The maximum absolute atomic E-state index is 14.6. The number of carbonyl (C=O) groups excluding carboxylic acids is 1. The number of hydrogen-bond donors (Lipinski definition) is 1. The highest BCUT2D eigenvalue weighted by Crippen LogP contribution is 2.38. The number of hydrogen-bond acceptors (Lipinski definition) is 5. The van der Waals surface area contributed by atoms with Crippen LogP contribution in [0.4, 0.5) is 24.7 Å². The molecule has 0 radical (unpaired) electrons. The van der Waals surface area contributed by atoms with Crippen molar-refractivity contribution < 1.29 is 22.7 Å². The van der Waals surface area contributed by atoms with E-state index in [9.17, 15) is 18.0 Å². The van der Waals surface area contributed by atoms with Crippen molar-refractivity contribution in [2.45, 2.75) is 26.3 Å². The lowest BCUT2D eigenvalue weighted by atomic mass is 10.0. The third-order valence-corrected chi connectivity index (χ3v) is 5.09. The SMILES string of the molecule is Cc1nc(N[C@H](C)c2cccc(C(F)F)c2F)c2cc3c(cc2n1)OCC(=O)N3C. The van der Waals surface area contributed by atoms with Crippen molar-refractivity contribution in [2.24, 2.45) is 0 Å². The summed E-state index contributed by atoms with van der Waals surface area (Å²) in [6.45, 7) is 3.32. The van der Waals surface area contributed by atoms with Crippen molar-refractivity contribution >= 4 is 28.3 Å². The first kappa shape index (κ1) is 19.9. The molecule has 1 aliphatic rings. The van der Waals surface area contributed by atoms with Gasteiger partial charge in [-0.25, -0.2) is 23.1 Å². The summed E-state index contributed by atoms with van der Waals surface area (Å²) in [6, 6.07) is 6.72. The summed E-state index contributed by atoms with van der Waals surface area (Å²) in [7, 11) is 1.64. The van der Waals surface area contributed by atoms with E-state index in [2.05, 4.69) is 15.3 Å². The number of benzene rings is 2. The van der Waals surface area contributed by atoms with Crippen LogP contribution in [0, 0.1) is 12.7 Å².